The van der Waals surface area contributed by atoms with Crippen LogP contribution >= 0.6 is 11.6 Å². The number of para-hydroxylation sites is 2. The second-order valence-electron chi connectivity index (χ2n) is 3.93. The van der Waals surface area contributed by atoms with Crippen LogP contribution in [0.5, 0.6) is 0 Å². The first-order chi connectivity index (χ1) is 8.76. The van der Waals surface area contributed by atoms with Gasteiger partial charge in [0.2, 0.25) is 0 Å². The molecule has 1 aromatic heterocycles. The van der Waals surface area contributed by atoms with Gasteiger partial charge in [-0.05, 0) is 12.1 Å². The molecule has 1 heterocycles. The van der Waals surface area contributed by atoms with E-state index in [1.165, 1.54) is 7.11 Å². The van der Waals surface area contributed by atoms with Crippen LogP contribution in [0, 0.1) is 0 Å². The summed E-state index contributed by atoms with van der Waals surface area (Å²) in [4.78, 5) is 15.8. The number of alkyl halides is 1. The summed E-state index contributed by atoms with van der Waals surface area (Å²) in [6.45, 7) is 0.569. The Morgan fingerprint density at radius 1 is 1.44 bits per heavy atom. The second kappa shape index (κ2) is 5.87. The van der Waals surface area contributed by atoms with Gasteiger partial charge in [-0.1, -0.05) is 12.1 Å². The molecule has 0 N–H and O–H groups in total. The molecule has 0 radical (unpaired) electrons. The van der Waals surface area contributed by atoms with E-state index >= 15 is 0 Å². The molecule has 0 bridgehead atoms. The maximum absolute atomic E-state index is 11.2. The van der Waals surface area contributed by atoms with Crippen molar-refractivity contribution in [3.63, 3.8) is 0 Å². The van der Waals surface area contributed by atoms with Crippen LogP contribution in [0.15, 0.2) is 24.3 Å². The number of carbonyl (C=O) groups is 1. The van der Waals surface area contributed by atoms with E-state index in [9.17, 15) is 4.79 Å². The number of hydrogen-bond acceptors (Lipinski definition) is 3. The zero-order valence-electron chi connectivity index (χ0n) is 10.2. The smallest absolute Gasteiger partial charge is 0.307 e. The first-order valence-electron chi connectivity index (χ1n) is 5.83. The molecular weight excluding hydrogens is 252 g/mol. The van der Waals surface area contributed by atoms with Crippen LogP contribution in [0.3, 0.4) is 0 Å². The number of benzene rings is 1. The summed E-state index contributed by atoms with van der Waals surface area (Å²) in [5.74, 6) is 1.21. The summed E-state index contributed by atoms with van der Waals surface area (Å²) >= 11 is 5.78. The van der Waals surface area contributed by atoms with E-state index in [1.54, 1.807) is 0 Å². The zero-order valence-corrected chi connectivity index (χ0v) is 11.0. The molecule has 0 saturated carbocycles. The lowest BCUT2D eigenvalue weighted by Crippen LogP contribution is -2.10. The molecule has 0 fully saturated rings. The molecule has 0 aliphatic carbocycles. The van der Waals surface area contributed by atoms with E-state index in [4.69, 9.17) is 11.6 Å². The van der Waals surface area contributed by atoms with Gasteiger partial charge in [0.1, 0.15) is 5.82 Å². The molecular formula is C13H15ClN2O2. The number of aryl methyl sites for hydroxylation is 2. The summed E-state index contributed by atoms with van der Waals surface area (Å²) in [7, 11) is 1.40. The van der Waals surface area contributed by atoms with Crippen molar-refractivity contribution in [2.24, 2.45) is 0 Å². The van der Waals surface area contributed by atoms with Crippen molar-refractivity contribution in [1.29, 1.82) is 0 Å². The molecule has 2 rings (SSSR count). The number of carbonyl (C=O) groups excluding carboxylic acids is 1. The van der Waals surface area contributed by atoms with E-state index in [0.29, 0.717) is 25.3 Å². The van der Waals surface area contributed by atoms with Crippen molar-refractivity contribution >= 4 is 28.6 Å². The Kier molecular flexibility index (Phi) is 4.20. The number of nitrogens with zero attached hydrogens (tertiary/aromatic N) is 2. The van der Waals surface area contributed by atoms with Crippen LogP contribution in [-0.2, 0) is 22.5 Å². The zero-order chi connectivity index (χ0) is 13.0. The number of imidazole rings is 1. The molecule has 0 saturated heterocycles. The minimum atomic E-state index is -0.218. The van der Waals surface area contributed by atoms with Crippen molar-refractivity contribution in [3.8, 4) is 0 Å². The van der Waals surface area contributed by atoms with Gasteiger partial charge in [-0.3, -0.25) is 4.79 Å². The van der Waals surface area contributed by atoms with E-state index in [1.807, 2.05) is 28.8 Å². The molecule has 0 spiro atoms. The number of esters is 1. The standard InChI is InChI=1S/C13H15ClN2O2/c1-18-13(17)7-9-16-11-5-3-2-4-10(11)15-12(16)6-8-14/h2-5H,6-9H2,1H3. The number of aromatic nitrogens is 2. The van der Waals surface area contributed by atoms with Crippen LogP contribution in [-0.4, -0.2) is 28.5 Å². The molecule has 96 valence electrons. The first kappa shape index (κ1) is 12.9. The van der Waals surface area contributed by atoms with Gasteiger partial charge in [0.05, 0.1) is 24.6 Å². The maximum Gasteiger partial charge on any atom is 0.307 e. The number of rotatable bonds is 5. The Bertz CT molecular complexity index is 551. The predicted molar refractivity (Wildman–Crippen MR) is 70.8 cm³/mol. The third-order valence-corrected chi connectivity index (χ3v) is 3.01. The topological polar surface area (TPSA) is 44.1 Å². The lowest BCUT2D eigenvalue weighted by molar-refractivity contribution is -0.140. The van der Waals surface area contributed by atoms with E-state index < -0.39 is 0 Å². The van der Waals surface area contributed by atoms with Crippen molar-refractivity contribution in [2.75, 3.05) is 13.0 Å². The lowest BCUT2D eigenvalue weighted by Gasteiger charge is -2.07. The van der Waals surface area contributed by atoms with Gasteiger partial charge in [-0.25, -0.2) is 4.98 Å². The Labute approximate surface area is 111 Å². The molecule has 18 heavy (non-hydrogen) atoms. The molecule has 4 nitrogen and oxygen atoms in total. The molecule has 2 aromatic rings. The highest BCUT2D eigenvalue weighted by Crippen LogP contribution is 2.17. The largest absolute Gasteiger partial charge is 0.469 e. The predicted octanol–water partition coefficient (Wildman–Crippen LogP) is 2.38. The van der Waals surface area contributed by atoms with Gasteiger partial charge in [-0.2, -0.15) is 0 Å². The average molecular weight is 267 g/mol. The van der Waals surface area contributed by atoms with E-state index in [2.05, 4.69) is 9.72 Å². The Morgan fingerprint density at radius 2 is 2.22 bits per heavy atom. The normalized spacial score (nSPS) is 10.8. The van der Waals surface area contributed by atoms with Crippen molar-refractivity contribution < 1.29 is 9.53 Å². The minimum Gasteiger partial charge on any atom is -0.469 e. The van der Waals surface area contributed by atoms with Crippen LogP contribution in [0.25, 0.3) is 11.0 Å². The molecule has 0 amide bonds. The monoisotopic (exact) mass is 266 g/mol. The van der Waals surface area contributed by atoms with Gasteiger partial charge < -0.3 is 9.30 Å². The SMILES string of the molecule is COC(=O)CCn1c(CCCl)nc2ccccc21. The fourth-order valence-corrected chi connectivity index (χ4v) is 2.12. The highest BCUT2D eigenvalue weighted by molar-refractivity contribution is 6.17. The maximum atomic E-state index is 11.2. The summed E-state index contributed by atoms with van der Waals surface area (Å²) in [5.41, 5.74) is 1.96. The fraction of sp³-hybridized carbons (Fsp3) is 0.385. The summed E-state index contributed by atoms with van der Waals surface area (Å²) in [6.07, 6.45) is 1.03. The number of ether oxygens (including phenoxy) is 1. The first-order valence-corrected chi connectivity index (χ1v) is 6.36. The van der Waals surface area contributed by atoms with Gasteiger partial charge in [-0.15, -0.1) is 11.6 Å². The third-order valence-electron chi connectivity index (χ3n) is 2.82. The summed E-state index contributed by atoms with van der Waals surface area (Å²) in [5, 5.41) is 0. The molecule has 0 aliphatic heterocycles. The van der Waals surface area contributed by atoms with Crippen molar-refractivity contribution in [2.45, 2.75) is 19.4 Å². The molecule has 1 aromatic carbocycles. The van der Waals surface area contributed by atoms with Crippen molar-refractivity contribution in [3.05, 3.63) is 30.1 Å². The molecule has 5 heteroatoms. The Hall–Kier alpha value is -1.55. The Morgan fingerprint density at radius 3 is 2.94 bits per heavy atom. The number of methoxy groups -OCH3 is 1. The quantitative estimate of drug-likeness (QED) is 0.616. The third kappa shape index (κ3) is 2.64. The van der Waals surface area contributed by atoms with Crippen LogP contribution in [0.2, 0.25) is 0 Å². The van der Waals surface area contributed by atoms with Gasteiger partial charge in [0.25, 0.3) is 0 Å². The molecule has 0 atom stereocenters. The van der Waals surface area contributed by atoms with Gasteiger partial charge in [0.15, 0.2) is 0 Å². The number of fused-ring (bicyclic) bond motifs is 1. The van der Waals surface area contributed by atoms with Crippen molar-refractivity contribution in [1.82, 2.24) is 9.55 Å². The minimum absolute atomic E-state index is 0.218. The molecule has 0 aliphatic rings. The highest BCUT2D eigenvalue weighted by atomic mass is 35.5. The number of hydrogen-bond donors (Lipinski definition) is 0. The second-order valence-corrected chi connectivity index (χ2v) is 4.31. The lowest BCUT2D eigenvalue weighted by atomic mass is 10.3. The number of halogens is 1. The summed E-state index contributed by atoms with van der Waals surface area (Å²) < 4.78 is 6.70. The van der Waals surface area contributed by atoms with Gasteiger partial charge in [0, 0.05) is 18.8 Å². The van der Waals surface area contributed by atoms with E-state index in [0.717, 1.165) is 16.9 Å². The summed E-state index contributed by atoms with van der Waals surface area (Å²) in [6, 6.07) is 7.87. The van der Waals surface area contributed by atoms with Crippen LogP contribution in [0.4, 0.5) is 0 Å². The average Bonchev–Trinajstić information content (AvgIpc) is 2.74. The molecule has 0 unspecified atom stereocenters. The fourth-order valence-electron chi connectivity index (χ4n) is 1.96. The highest BCUT2D eigenvalue weighted by Gasteiger charge is 2.11. The Balaban J connectivity index is 2.32. The van der Waals surface area contributed by atoms with E-state index in [-0.39, 0.29) is 5.97 Å². The van der Waals surface area contributed by atoms with Crippen LogP contribution < -0.4 is 0 Å². The van der Waals surface area contributed by atoms with Crippen LogP contribution in [0.1, 0.15) is 12.2 Å². The van der Waals surface area contributed by atoms with Gasteiger partial charge >= 0.3 is 5.97 Å².